The Morgan fingerprint density at radius 2 is 1.78 bits per heavy atom. The highest BCUT2D eigenvalue weighted by atomic mass is 35.5. The van der Waals surface area contributed by atoms with Crippen LogP contribution in [0.2, 0.25) is 5.02 Å². The number of benzene rings is 2. The minimum absolute atomic E-state index is 0.243. The number of halogens is 1. The monoisotopic (exact) mass is 442 g/mol. The second-order valence-corrected chi connectivity index (χ2v) is 7.47. The summed E-state index contributed by atoms with van der Waals surface area (Å²) in [6.45, 7) is 0.243. The van der Waals surface area contributed by atoms with Crippen LogP contribution in [-0.2, 0) is 6.61 Å². The lowest BCUT2D eigenvalue weighted by Gasteiger charge is -2.05. The zero-order valence-electron chi connectivity index (χ0n) is 16.6. The number of nitrogens with zero attached hydrogens (tertiary/aromatic N) is 6. The van der Waals surface area contributed by atoms with Crippen molar-refractivity contribution in [2.45, 2.75) is 6.61 Å². The van der Waals surface area contributed by atoms with Crippen LogP contribution in [0.1, 0.15) is 5.76 Å². The Bertz CT molecular complexity index is 1550. The van der Waals surface area contributed by atoms with Gasteiger partial charge in [0.25, 0.3) is 0 Å². The van der Waals surface area contributed by atoms with Crippen molar-refractivity contribution in [3.8, 4) is 23.0 Å². The van der Waals surface area contributed by atoms with E-state index in [9.17, 15) is 0 Å². The van der Waals surface area contributed by atoms with Crippen molar-refractivity contribution in [1.29, 1.82) is 0 Å². The van der Waals surface area contributed by atoms with Gasteiger partial charge in [0.15, 0.2) is 17.1 Å². The number of hydrogen-bond donors (Lipinski definition) is 0. The lowest BCUT2D eigenvalue weighted by atomic mass is 10.3. The summed E-state index contributed by atoms with van der Waals surface area (Å²) in [4.78, 5) is 9.19. The van der Waals surface area contributed by atoms with E-state index in [1.807, 2.05) is 60.7 Å². The number of rotatable bonds is 5. The van der Waals surface area contributed by atoms with E-state index in [0.29, 0.717) is 39.4 Å². The molecule has 0 aliphatic heterocycles. The molecule has 0 amide bonds. The zero-order chi connectivity index (χ0) is 21.5. The van der Waals surface area contributed by atoms with E-state index in [1.54, 1.807) is 27.8 Å². The van der Waals surface area contributed by atoms with Crippen LogP contribution in [0.15, 0.2) is 83.7 Å². The molecule has 32 heavy (non-hydrogen) atoms. The molecule has 6 aromatic rings. The van der Waals surface area contributed by atoms with Gasteiger partial charge in [-0.3, -0.25) is 0 Å². The fourth-order valence-corrected chi connectivity index (χ4v) is 3.66. The predicted molar refractivity (Wildman–Crippen MR) is 119 cm³/mol. The van der Waals surface area contributed by atoms with E-state index in [-0.39, 0.29) is 6.61 Å². The Kier molecular flexibility index (Phi) is 4.36. The highest BCUT2D eigenvalue weighted by Gasteiger charge is 2.16. The Hall–Kier alpha value is -4.17. The van der Waals surface area contributed by atoms with E-state index >= 15 is 0 Å². The van der Waals surface area contributed by atoms with Gasteiger partial charge in [-0.1, -0.05) is 41.9 Å². The molecule has 9 heteroatoms. The molecule has 0 N–H and O–H groups in total. The van der Waals surface area contributed by atoms with Crippen LogP contribution in [-0.4, -0.2) is 29.4 Å². The zero-order valence-corrected chi connectivity index (χ0v) is 17.3. The molecule has 0 bridgehead atoms. The number of hydrogen-bond acceptors (Lipinski definition) is 6. The number of fused-ring (bicyclic) bond motifs is 3. The van der Waals surface area contributed by atoms with Crippen LogP contribution in [0, 0.1) is 0 Å². The molecule has 0 aliphatic rings. The van der Waals surface area contributed by atoms with E-state index < -0.39 is 0 Å². The summed E-state index contributed by atoms with van der Waals surface area (Å²) < 4.78 is 15.0. The van der Waals surface area contributed by atoms with Gasteiger partial charge in [-0.2, -0.15) is 5.10 Å². The van der Waals surface area contributed by atoms with Crippen molar-refractivity contribution in [3.63, 3.8) is 0 Å². The fourth-order valence-electron chi connectivity index (χ4n) is 3.47. The summed E-state index contributed by atoms with van der Waals surface area (Å²) in [5.41, 5.74) is 2.28. The van der Waals surface area contributed by atoms with Crippen molar-refractivity contribution in [2.24, 2.45) is 0 Å². The molecule has 0 aliphatic carbocycles. The lowest BCUT2D eigenvalue weighted by Crippen LogP contribution is -1.98. The van der Waals surface area contributed by atoms with Crippen LogP contribution >= 0.6 is 11.6 Å². The van der Waals surface area contributed by atoms with Crippen molar-refractivity contribution in [1.82, 2.24) is 29.4 Å². The Morgan fingerprint density at radius 1 is 0.938 bits per heavy atom. The standard InChI is InChI=1S/C23H15ClN6O2/c24-18-8-4-5-9-19(18)31-13-16-10-11-20(32-16)21-27-23-17-12-26-30(15-6-2-1-3-7-15)22(17)25-14-29(23)28-21/h1-12,14H,13H2. The summed E-state index contributed by atoms with van der Waals surface area (Å²) >= 11 is 6.13. The van der Waals surface area contributed by atoms with Crippen LogP contribution in [0.3, 0.4) is 0 Å². The molecule has 6 rings (SSSR count). The molecule has 4 heterocycles. The average Bonchev–Trinajstić information content (AvgIpc) is 3.56. The van der Waals surface area contributed by atoms with Gasteiger partial charge in [-0.25, -0.2) is 19.2 Å². The fraction of sp³-hybridized carbons (Fsp3) is 0.0435. The molecule has 8 nitrogen and oxygen atoms in total. The second kappa shape index (κ2) is 7.51. The lowest BCUT2D eigenvalue weighted by molar-refractivity contribution is 0.272. The molecule has 2 aromatic carbocycles. The minimum Gasteiger partial charge on any atom is -0.484 e. The normalized spacial score (nSPS) is 11.4. The molecular weight excluding hydrogens is 428 g/mol. The summed E-state index contributed by atoms with van der Waals surface area (Å²) in [5.74, 6) is 2.23. The highest BCUT2D eigenvalue weighted by Crippen LogP contribution is 2.26. The maximum atomic E-state index is 6.13. The highest BCUT2D eigenvalue weighted by molar-refractivity contribution is 6.32. The predicted octanol–water partition coefficient (Wildman–Crippen LogP) is 4.96. The summed E-state index contributed by atoms with van der Waals surface area (Å²) in [6.07, 6.45) is 3.37. The Morgan fingerprint density at radius 3 is 2.66 bits per heavy atom. The van der Waals surface area contributed by atoms with Crippen LogP contribution in [0.4, 0.5) is 0 Å². The Labute approximate surface area is 186 Å². The van der Waals surface area contributed by atoms with Gasteiger partial charge in [0.2, 0.25) is 5.82 Å². The van der Waals surface area contributed by atoms with Gasteiger partial charge in [0, 0.05) is 0 Å². The molecule has 0 spiro atoms. The molecule has 0 saturated carbocycles. The topological polar surface area (TPSA) is 83.3 Å². The van der Waals surface area contributed by atoms with E-state index in [4.69, 9.17) is 20.8 Å². The van der Waals surface area contributed by atoms with Crippen LogP contribution in [0.25, 0.3) is 34.0 Å². The minimum atomic E-state index is 0.243. The molecule has 0 saturated heterocycles. The molecule has 0 atom stereocenters. The maximum absolute atomic E-state index is 6.13. The number of furan rings is 1. The molecule has 4 aromatic heterocycles. The van der Waals surface area contributed by atoms with Crippen LogP contribution < -0.4 is 4.74 Å². The smallest absolute Gasteiger partial charge is 0.217 e. The first-order chi connectivity index (χ1) is 15.8. The van der Waals surface area contributed by atoms with Crippen LogP contribution in [0.5, 0.6) is 5.75 Å². The largest absolute Gasteiger partial charge is 0.484 e. The number of para-hydroxylation sites is 2. The van der Waals surface area contributed by atoms with Gasteiger partial charge in [-0.05, 0) is 36.4 Å². The third-order valence-corrected chi connectivity index (χ3v) is 5.31. The molecule has 0 unspecified atom stereocenters. The van der Waals surface area contributed by atoms with Gasteiger partial charge < -0.3 is 9.15 Å². The summed E-state index contributed by atoms with van der Waals surface area (Å²) in [7, 11) is 0. The Balaban J connectivity index is 1.31. The number of aromatic nitrogens is 6. The van der Waals surface area contributed by atoms with E-state index in [1.165, 1.54) is 0 Å². The average molecular weight is 443 g/mol. The molecule has 0 fully saturated rings. The van der Waals surface area contributed by atoms with Crippen molar-refractivity contribution < 1.29 is 9.15 Å². The molecule has 156 valence electrons. The van der Waals surface area contributed by atoms with Crippen molar-refractivity contribution in [3.05, 3.63) is 90.0 Å². The molecule has 0 radical (unpaired) electrons. The second-order valence-electron chi connectivity index (χ2n) is 7.06. The first-order valence-corrected chi connectivity index (χ1v) is 10.2. The van der Waals surface area contributed by atoms with E-state index in [2.05, 4.69) is 20.2 Å². The number of ether oxygens (including phenoxy) is 1. The summed E-state index contributed by atoms with van der Waals surface area (Å²) in [5, 5.41) is 10.3. The third kappa shape index (κ3) is 3.17. The SMILES string of the molecule is Clc1ccccc1OCc1ccc(-c2nc3c4cnn(-c5ccccc5)c4ncn3n2)o1. The third-order valence-electron chi connectivity index (χ3n) is 4.99. The quantitative estimate of drug-likeness (QED) is 0.375. The van der Waals surface area contributed by atoms with Gasteiger partial charge in [0.05, 0.1) is 22.3 Å². The van der Waals surface area contributed by atoms with E-state index in [0.717, 1.165) is 11.1 Å². The van der Waals surface area contributed by atoms with Gasteiger partial charge >= 0.3 is 0 Å². The van der Waals surface area contributed by atoms with Gasteiger partial charge in [0.1, 0.15) is 24.4 Å². The van der Waals surface area contributed by atoms with Crippen molar-refractivity contribution >= 4 is 28.3 Å². The first-order valence-electron chi connectivity index (χ1n) is 9.87. The van der Waals surface area contributed by atoms with Gasteiger partial charge in [-0.15, -0.1) is 5.10 Å². The summed E-state index contributed by atoms with van der Waals surface area (Å²) in [6, 6.07) is 20.8. The van der Waals surface area contributed by atoms with Crippen molar-refractivity contribution in [2.75, 3.05) is 0 Å². The first kappa shape index (κ1) is 18.6. The maximum Gasteiger partial charge on any atom is 0.217 e. The molecular formula is C23H15ClN6O2.